The Morgan fingerprint density at radius 3 is 2.57 bits per heavy atom. The van der Waals surface area contributed by atoms with E-state index in [1.54, 1.807) is 11.8 Å². The third-order valence-electron chi connectivity index (χ3n) is 6.01. The zero-order chi connectivity index (χ0) is 21.1. The molecule has 0 saturated heterocycles. The predicted molar refractivity (Wildman–Crippen MR) is 125 cm³/mol. The number of anilines is 1. The Morgan fingerprint density at radius 1 is 1.13 bits per heavy atom. The van der Waals surface area contributed by atoms with Gasteiger partial charge in [0.05, 0.1) is 5.54 Å². The molecule has 30 heavy (non-hydrogen) atoms. The van der Waals surface area contributed by atoms with E-state index in [0.29, 0.717) is 11.3 Å². The second-order valence-corrected chi connectivity index (χ2v) is 10.4. The summed E-state index contributed by atoms with van der Waals surface area (Å²) >= 11 is 1.73. The molecule has 0 amide bonds. The molecule has 2 N–H and O–H groups in total. The van der Waals surface area contributed by atoms with Crippen molar-refractivity contribution in [3.05, 3.63) is 59.5 Å². The van der Waals surface area contributed by atoms with Gasteiger partial charge in [0.25, 0.3) is 0 Å². The normalized spacial score (nSPS) is 24.6. The first kappa shape index (κ1) is 21.2. The van der Waals surface area contributed by atoms with Gasteiger partial charge < -0.3 is 10.6 Å². The van der Waals surface area contributed by atoms with E-state index in [1.165, 1.54) is 44.2 Å². The molecule has 2 unspecified atom stereocenters. The summed E-state index contributed by atoms with van der Waals surface area (Å²) in [6, 6.07) is 11.3. The van der Waals surface area contributed by atoms with Crippen molar-refractivity contribution in [1.29, 1.82) is 0 Å². The molecule has 2 aliphatic rings. The molecule has 1 aliphatic carbocycles. The third-order valence-corrected chi connectivity index (χ3v) is 6.91. The second kappa shape index (κ2) is 8.96. The van der Waals surface area contributed by atoms with Crippen LogP contribution in [0.3, 0.4) is 0 Å². The molecular weight excluding hydrogens is 395 g/mol. The highest BCUT2D eigenvalue weighted by atomic mass is 32.2. The minimum absolute atomic E-state index is 0.135. The van der Waals surface area contributed by atoms with Gasteiger partial charge in [-0.05, 0) is 55.2 Å². The number of benzene rings is 1. The molecular formula is C24H31FN4S. The number of thioether (sulfide) groups is 1. The summed E-state index contributed by atoms with van der Waals surface area (Å²) in [5, 5.41) is 8.66. The minimum atomic E-state index is -0.430. The Balaban J connectivity index is 1.64. The molecule has 4 nitrogen and oxygen atoms in total. The number of nitrogens with one attached hydrogen (secondary N) is 2. The zero-order valence-corrected chi connectivity index (χ0v) is 18.8. The standard InChI is InChI=1S/C24H31FN4S/c1-16(2)30-23-28-22(17-9-11-19(25)12-10-17)24(3,29-23)18-13-14-26-21(15-18)27-20-7-5-4-6-8-20/h9-16,20,22H,4-8H2,1-3H3,(H,26,27)(H,28,29). The first-order chi connectivity index (χ1) is 14.4. The molecule has 1 saturated carbocycles. The summed E-state index contributed by atoms with van der Waals surface area (Å²) in [5.41, 5.74) is 1.71. The van der Waals surface area contributed by atoms with Crippen molar-refractivity contribution in [3.8, 4) is 0 Å². The number of hydrogen-bond acceptors (Lipinski definition) is 5. The predicted octanol–water partition coefficient (Wildman–Crippen LogP) is 6.02. The molecule has 4 rings (SSSR count). The van der Waals surface area contributed by atoms with E-state index >= 15 is 0 Å². The van der Waals surface area contributed by atoms with Gasteiger partial charge in [0.1, 0.15) is 17.7 Å². The van der Waals surface area contributed by atoms with E-state index in [-0.39, 0.29) is 11.9 Å². The summed E-state index contributed by atoms with van der Waals surface area (Å²) in [6.45, 7) is 6.50. The fourth-order valence-electron chi connectivity index (χ4n) is 4.42. The Bertz CT molecular complexity index is 892. The van der Waals surface area contributed by atoms with Gasteiger partial charge in [0, 0.05) is 17.5 Å². The van der Waals surface area contributed by atoms with Crippen LogP contribution in [-0.4, -0.2) is 21.4 Å². The average Bonchev–Trinajstić information content (AvgIpc) is 3.06. The van der Waals surface area contributed by atoms with Gasteiger partial charge in [0.2, 0.25) is 0 Å². The van der Waals surface area contributed by atoms with Gasteiger partial charge in [-0.2, -0.15) is 0 Å². The quantitative estimate of drug-likeness (QED) is 0.613. The number of rotatable bonds is 5. The van der Waals surface area contributed by atoms with Gasteiger partial charge in [0.15, 0.2) is 5.17 Å². The second-order valence-electron chi connectivity index (χ2n) is 8.79. The largest absolute Gasteiger partial charge is 0.367 e. The molecule has 1 aliphatic heterocycles. The molecule has 1 aromatic carbocycles. The van der Waals surface area contributed by atoms with Gasteiger partial charge in [-0.25, -0.2) is 9.37 Å². The van der Waals surface area contributed by atoms with Crippen molar-refractivity contribution in [2.24, 2.45) is 4.99 Å². The lowest BCUT2D eigenvalue weighted by Crippen LogP contribution is -2.41. The lowest BCUT2D eigenvalue weighted by atomic mass is 9.82. The van der Waals surface area contributed by atoms with Crippen LogP contribution in [0.4, 0.5) is 10.2 Å². The molecule has 160 valence electrons. The summed E-state index contributed by atoms with van der Waals surface area (Å²) in [4.78, 5) is 9.59. The van der Waals surface area contributed by atoms with Crippen LogP contribution < -0.4 is 10.6 Å². The summed E-state index contributed by atoms with van der Waals surface area (Å²) in [6.07, 6.45) is 8.19. The van der Waals surface area contributed by atoms with Gasteiger partial charge >= 0.3 is 0 Å². The fraction of sp³-hybridized carbons (Fsp3) is 0.500. The van der Waals surface area contributed by atoms with E-state index in [9.17, 15) is 4.39 Å². The lowest BCUT2D eigenvalue weighted by molar-refractivity contribution is 0.386. The number of hydrogen-bond donors (Lipinski definition) is 2. The minimum Gasteiger partial charge on any atom is -0.367 e. The zero-order valence-electron chi connectivity index (χ0n) is 18.0. The van der Waals surface area contributed by atoms with Crippen molar-refractivity contribution in [2.45, 2.75) is 75.7 Å². The number of pyridine rings is 1. The maximum atomic E-state index is 13.5. The monoisotopic (exact) mass is 426 g/mol. The molecule has 0 radical (unpaired) electrons. The first-order valence-corrected chi connectivity index (χ1v) is 11.8. The number of nitrogens with zero attached hydrogens (tertiary/aromatic N) is 2. The van der Waals surface area contributed by atoms with Crippen molar-refractivity contribution in [2.75, 3.05) is 5.32 Å². The highest BCUT2D eigenvalue weighted by Gasteiger charge is 2.43. The van der Waals surface area contributed by atoms with E-state index < -0.39 is 5.54 Å². The van der Waals surface area contributed by atoms with Crippen molar-refractivity contribution in [3.63, 3.8) is 0 Å². The Morgan fingerprint density at radius 2 is 1.87 bits per heavy atom. The van der Waals surface area contributed by atoms with Crippen LogP contribution in [0, 0.1) is 5.82 Å². The SMILES string of the molecule is CC(C)SC1=NC(c2ccc(F)cc2)C(C)(c2ccnc(NC3CCCCC3)c2)N1. The molecule has 0 spiro atoms. The highest BCUT2D eigenvalue weighted by Crippen LogP contribution is 2.43. The lowest BCUT2D eigenvalue weighted by Gasteiger charge is -2.32. The summed E-state index contributed by atoms with van der Waals surface area (Å²) in [5.74, 6) is 0.695. The first-order valence-electron chi connectivity index (χ1n) is 11.0. The molecule has 2 aromatic rings. The molecule has 6 heteroatoms. The molecule has 1 fully saturated rings. The number of aliphatic imine (C=N–C) groups is 1. The molecule has 0 bridgehead atoms. The van der Waals surface area contributed by atoms with E-state index in [2.05, 4.69) is 48.5 Å². The van der Waals surface area contributed by atoms with Crippen molar-refractivity contribution < 1.29 is 4.39 Å². The van der Waals surface area contributed by atoms with Crippen molar-refractivity contribution >= 4 is 22.7 Å². The van der Waals surface area contributed by atoms with E-state index in [1.807, 2.05) is 18.3 Å². The molecule has 1 aromatic heterocycles. The van der Waals surface area contributed by atoms with E-state index in [4.69, 9.17) is 4.99 Å². The van der Waals surface area contributed by atoms with Crippen LogP contribution in [0.5, 0.6) is 0 Å². The summed E-state index contributed by atoms with van der Waals surface area (Å²) < 4.78 is 13.5. The molecule has 2 atom stereocenters. The third kappa shape index (κ3) is 4.64. The highest BCUT2D eigenvalue weighted by molar-refractivity contribution is 8.14. The number of amidine groups is 1. The van der Waals surface area contributed by atoms with Crippen LogP contribution in [0.2, 0.25) is 0 Å². The average molecular weight is 427 g/mol. The van der Waals surface area contributed by atoms with Crippen LogP contribution in [0.15, 0.2) is 47.6 Å². The molecule has 2 heterocycles. The Hall–Kier alpha value is -2.08. The fourth-order valence-corrected chi connectivity index (χ4v) is 5.31. The maximum Gasteiger partial charge on any atom is 0.158 e. The van der Waals surface area contributed by atoms with Crippen LogP contribution in [0.25, 0.3) is 0 Å². The Kier molecular flexibility index (Phi) is 6.32. The maximum absolute atomic E-state index is 13.5. The number of aromatic nitrogens is 1. The van der Waals surface area contributed by atoms with Gasteiger partial charge in [-0.3, -0.25) is 4.99 Å². The van der Waals surface area contributed by atoms with Gasteiger partial charge in [-0.1, -0.05) is 57.0 Å². The van der Waals surface area contributed by atoms with Crippen LogP contribution in [0.1, 0.15) is 70.0 Å². The van der Waals surface area contributed by atoms with E-state index in [0.717, 1.165) is 22.1 Å². The van der Waals surface area contributed by atoms with Crippen molar-refractivity contribution in [1.82, 2.24) is 10.3 Å². The Labute approximate surface area is 183 Å². The van der Waals surface area contributed by atoms with Crippen LogP contribution in [-0.2, 0) is 5.54 Å². The van der Waals surface area contributed by atoms with Crippen LogP contribution >= 0.6 is 11.8 Å². The van der Waals surface area contributed by atoms with Gasteiger partial charge in [-0.15, -0.1) is 0 Å². The smallest absolute Gasteiger partial charge is 0.158 e. The number of halogens is 1. The summed E-state index contributed by atoms with van der Waals surface area (Å²) in [7, 11) is 0. The topological polar surface area (TPSA) is 49.3 Å².